The highest BCUT2D eigenvalue weighted by Crippen LogP contribution is 2.23. The maximum atomic E-state index is 12.4. The van der Waals surface area contributed by atoms with Gasteiger partial charge in [-0.3, -0.25) is 14.6 Å². The summed E-state index contributed by atoms with van der Waals surface area (Å²) in [6.45, 7) is 5.83. The van der Waals surface area contributed by atoms with Crippen LogP contribution in [0.15, 0.2) is 42.5 Å². The molecule has 1 aliphatic rings. The molecule has 28 heavy (non-hydrogen) atoms. The molecular formula is C21H29ClN4OS. The Hall–Kier alpha value is -1.44. The van der Waals surface area contributed by atoms with Crippen molar-refractivity contribution in [2.24, 2.45) is 0 Å². The van der Waals surface area contributed by atoms with Crippen LogP contribution in [0.5, 0.6) is 0 Å². The number of nitrogens with zero attached hydrogens (tertiary/aromatic N) is 3. The van der Waals surface area contributed by atoms with Crippen molar-refractivity contribution in [1.82, 2.24) is 20.0 Å². The Morgan fingerprint density at radius 2 is 1.79 bits per heavy atom. The first kappa shape index (κ1) is 21.3. The Labute approximate surface area is 176 Å². The molecule has 2 aromatic rings. The van der Waals surface area contributed by atoms with Gasteiger partial charge < -0.3 is 10.2 Å². The number of carbonyl (C=O) groups excluding carboxylic acids is 1. The molecule has 1 aliphatic heterocycles. The van der Waals surface area contributed by atoms with Gasteiger partial charge in [0.2, 0.25) is 5.91 Å². The summed E-state index contributed by atoms with van der Waals surface area (Å²) in [6.07, 6.45) is 0. The van der Waals surface area contributed by atoms with Crippen LogP contribution in [0.2, 0.25) is 4.34 Å². The normalized spacial score (nSPS) is 17.0. The highest BCUT2D eigenvalue weighted by molar-refractivity contribution is 7.16. The van der Waals surface area contributed by atoms with Crippen LogP contribution in [0.1, 0.15) is 16.5 Å². The highest BCUT2D eigenvalue weighted by atomic mass is 35.5. The highest BCUT2D eigenvalue weighted by Gasteiger charge is 2.20. The van der Waals surface area contributed by atoms with Gasteiger partial charge in [0, 0.05) is 44.1 Å². The first-order chi connectivity index (χ1) is 13.5. The van der Waals surface area contributed by atoms with E-state index < -0.39 is 0 Å². The van der Waals surface area contributed by atoms with Crippen LogP contribution < -0.4 is 5.32 Å². The number of hydrogen-bond acceptors (Lipinski definition) is 5. The topological polar surface area (TPSA) is 38.8 Å². The van der Waals surface area contributed by atoms with Crippen molar-refractivity contribution in [3.8, 4) is 0 Å². The van der Waals surface area contributed by atoms with E-state index in [9.17, 15) is 4.79 Å². The molecule has 1 N–H and O–H groups in total. The predicted octanol–water partition coefficient (Wildman–Crippen LogP) is 2.94. The molecule has 2 heterocycles. The number of amides is 1. The number of halogens is 1. The van der Waals surface area contributed by atoms with E-state index in [0.29, 0.717) is 13.1 Å². The van der Waals surface area contributed by atoms with Gasteiger partial charge in [-0.25, -0.2) is 0 Å². The monoisotopic (exact) mass is 420 g/mol. The molecule has 0 aliphatic carbocycles. The van der Waals surface area contributed by atoms with E-state index in [1.165, 1.54) is 10.4 Å². The van der Waals surface area contributed by atoms with Gasteiger partial charge >= 0.3 is 0 Å². The summed E-state index contributed by atoms with van der Waals surface area (Å²) >= 11 is 7.66. The molecule has 1 unspecified atom stereocenters. The summed E-state index contributed by atoms with van der Waals surface area (Å²) in [5.41, 5.74) is 1.22. The van der Waals surface area contributed by atoms with Crippen LogP contribution in [-0.4, -0.2) is 74.0 Å². The molecule has 1 atom stereocenters. The van der Waals surface area contributed by atoms with Gasteiger partial charge in [0.25, 0.3) is 0 Å². The minimum absolute atomic E-state index is 0.0984. The average Bonchev–Trinajstić information content (AvgIpc) is 3.09. The van der Waals surface area contributed by atoms with Crippen molar-refractivity contribution >= 4 is 28.8 Å². The second-order valence-electron chi connectivity index (χ2n) is 7.45. The zero-order valence-electron chi connectivity index (χ0n) is 16.6. The lowest BCUT2D eigenvalue weighted by Crippen LogP contribution is -2.49. The Bertz CT molecular complexity index is 744. The van der Waals surface area contributed by atoms with Gasteiger partial charge in [-0.05, 0) is 31.8 Å². The SMILES string of the molecule is CN(C)C(CNC(=O)CN1CCN(Cc2ccc(Cl)s2)CC1)c1ccccc1. The third-order valence-electron chi connectivity index (χ3n) is 5.14. The number of rotatable bonds is 8. The van der Waals surface area contributed by atoms with Crippen molar-refractivity contribution < 1.29 is 4.79 Å². The summed E-state index contributed by atoms with van der Waals surface area (Å²) < 4.78 is 0.844. The summed E-state index contributed by atoms with van der Waals surface area (Å²) in [6, 6.07) is 14.5. The molecule has 0 saturated carbocycles. The maximum Gasteiger partial charge on any atom is 0.234 e. The van der Waals surface area contributed by atoms with E-state index in [1.54, 1.807) is 11.3 Å². The van der Waals surface area contributed by atoms with Crippen LogP contribution in [0, 0.1) is 0 Å². The van der Waals surface area contributed by atoms with Gasteiger partial charge in [-0.15, -0.1) is 11.3 Å². The number of carbonyl (C=O) groups is 1. The smallest absolute Gasteiger partial charge is 0.234 e. The number of benzene rings is 1. The number of likely N-dealkylation sites (N-methyl/N-ethyl adjacent to an activating group) is 1. The summed E-state index contributed by atoms with van der Waals surface area (Å²) in [5, 5.41) is 3.11. The molecule has 3 rings (SSSR count). The van der Waals surface area contributed by atoms with Gasteiger partial charge in [0.15, 0.2) is 0 Å². The summed E-state index contributed by atoms with van der Waals surface area (Å²) in [4.78, 5) is 20.6. The van der Waals surface area contributed by atoms with Gasteiger partial charge in [0.05, 0.1) is 16.9 Å². The van der Waals surface area contributed by atoms with Gasteiger partial charge in [-0.1, -0.05) is 41.9 Å². The molecule has 1 amide bonds. The second-order valence-corrected chi connectivity index (χ2v) is 9.25. The molecule has 1 aromatic carbocycles. The van der Waals surface area contributed by atoms with Gasteiger partial charge in [-0.2, -0.15) is 0 Å². The summed E-state index contributed by atoms with van der Waals surface area (Å²) in [5.74, 6) is 0.0984. The van der Waals surface area contributed by atoms with E-state index in [4.69, 9.17) is 11.6 Å². The minimum Gasteiger partial charge on any atom is -0.353 e. The third-order valence-corrected chi connectivity index (χ3v) is 6.36. The fourth-order valence-electron chi connectivity index (χ4n) is 3.51. The molecule has 0 radical (unpaired) electrons. The predicted molar refractivity (Wildman–Crippen MR) is 117 cm³/mol. The van der Waals surface area contributed by atoms with Crippen LogP contribution in [-0.2, 0) is 11.3 Å². The molecule has 7 heteroatoms. The Morgan fingerprint density at radius 3 is 2.39 bits per heavy atom. The lowest BCUT2D eigenvalue weighted by molar-refractivity contribution is -0.122. The first-order valence-corrected chi connectivity index (χ1v) is 10.9. The van der Waals surface area contributed by atoms with E-state index in [1.807, 2.05) is 38.4 Å². The van der Waals surface area contributed by atoms with E-state index >= 15 is 0 Å². The van der Waals surface area contributed by atoms with Crippen molar-refractivity contribution in [3.63, 3.8) is 0 Å². The standard InChI is InChI=1S/C21H29ClN4OS/c1-24(2)19(17-6-4-3-5-7-17)14-23-21(27)16-26-12-10-25(11-13-26)15-18-8-9-20(22)28-18/h3-9,19H,10-16H2,1-2H3,(H,23,27). The first-order valence-electron chi connectivity index (χ1n) is 9.68. The fraction of sp³-hybridized carbons (Fsp3) is 0.476. The largest absolute Gasteiger partial charge is 0.353 e. The van der Waals surface area contributed by atoms with Crippen LogP contribution >= 0.6 is 22.9 Å². The van der Waals surface area contributed by atoms with Crippen molar-refractivity contribution in [1.29, 1.82) is 0 Å². The number of piperazine rings is 1. The zero-order chi connectivity index (χ0) is 19.9. The molecule has 0 bridgehead atoms. The number of hydrogen-bond donors (Lipinski definition) is 1. The molecule has 1 fully saturated rings. The molecule has 1 saturated heterocycles. The molecule has 0 spiro atoms. The number of thiophene rings is 1. The quantitative estimate of drug-likeness (QED) is 0.712. The van der Waals surface area contributed by atoms with Crippen LogP contribution in [0.4, 0.5) is 0 Å². The van der Waals surface area contributed by atoms with Crippen LogP contribution in [0.3, 0.4) is 0 Å². The second kappa shape index (κ2) is 10.4. The third kappa shape index (κ3) is 6.29. The van der Waals surface area contributed by atoms with Crippen molar-refractivity contribution in [3.05, 3.63) is 57.2 Å². The maximum absolute atomic E-state index is 12.4. The van der Waals surface area contributed by atoms with E-state index in [-0.39, 0.29) is 11.9 Å². The van der Waals surface area contributed by atoms with Crippen LogP contribution in [0.25, 0.3) is 0 Å². The Kier molecular flexibility index (Phi) is 7.88. The summed E-state index contributed by atoms with van der Waals surface area (Å²) in [7, 11) is 4.09. The fourth-order valence-corrected chi connectivity index (χ4v) is 4.64. The Balaban J connectivity index is 1.40. The lowest BCUT2D eigenvalue weighted by atomic mass is 10.1. The average molecular weight is 421 g/mol. The zero-order valence-corrected chi connectivity index (χ0v) is 18.2. The van der Waals surface area contributed by atoms with E-state index in [2.05, 4.69) is 38.2 Å². The lowest BCUT2D eigenvalue weighted by Gasteiger charge is -2.34. The molecular weight excluding hydrogens is 392 g/mol. The van der Waals surface area contributed by atoms with Crippen molar-refractivity contribution in [2.45, 2.75) is 12.6 Å². The Morgan fingerprint density at radius 1 is 1.11 bits per heavy atom. The molecule has 152 valence electrons. The number of nitrogens with one attached hydrogen (secondary N) is 1. The van der Waals surface area contributed by atoms with E-state index in [0.717, 1.165) is 37.1 Å². The van der Waals surface area contributed by atoms with Crippen molar-refractivity contribution in [2.75, 3.05) is 53.4 Å². The molecule has 1 aromatic heterocycles. The molecule has 5 nitrogen and oxygen atoms in total. The minimum atomic E-state index is 0.0984. The van der Waals surface area contributed by atoms with Gasteiger partial charge in [0.1, 0.15) is 0 Å².